The molecule has 2 unspecified atom stereocenters. The summed E-state index contributed by atoms with van der Waals surface area (Å²) in [5.41, 5.74) is 0.993. The van der Waals surface area contributed by atoms with Crippen molar-refractivity contribution in [3.63, 3.8) is 0 Å². The number of morpholine rings is 1. The summed E-state index contributed by atoms with van der Waals surface area (Å²) in [6.45, 7) is 7.12. The van der Waals surface area contributed by atoms with Crippen molar-refractivity contribution in [3.05, 3.63) is 35.6 Å². The van der Waals surface area contributed by atoms with Gasteiger partial charge in [0.05, 0.1) is 19.3 Å². The Morgan fingerprint density at radius 2 is 2.04 bits per heavy atom. The summed E-state index contributed by atoms with van der Waals surface area (Å²) in [4.78, 5) is 9.21. The quantitative estimate of drug-likeness (QED) is 0.543. The topological polar surface area (TPSA) is 49.3 Å². The van der Waals surface area contributed by atoms with Gasteiger partial charge in [-0.15, -0.1) is 0 Å². The molecule has 28 heavy (non-hydrogen) atoms. The predicted octanol–water partition coefficient (Wildman–Crippen LogP) is 2.27. The molecule has 3 rings (SSSR count). The highest BCUT2D eigenvalue weighted by molar-refractivity contribution is 5.80. The third kappa shape index (κ3) is 5.90. The summed E-state index contributed by atoms with van der Waals surface area (Å²) < 4.78 is 24.6. The van der Waals surface area contributed by atoms with Crippen LogP contribution in [0, 0.1) is 5.82 Å². The van der Waals surface area contributed by atoms with Crippen LogP contribution in [0.1, 0.15) is 31.4 Å². The van der Waals surface area contributed by atoms with Crippen molar-refractivity contribution in [1.29, 1.82) is 0 Å². The number of methoxy groups -OCH3 is 1. The molecular formula is C21H33FN4O2. The van der Waals surface area contributed by atoms with Crippen LogP contribution in [0.25, 0.3) is 0 Å². The van der Waals surface area contributed by atoms with Crippen LogP contribution < -0.4 is 5.32 Å². The molecule has 1 heterocycles. The lowest BCUT2D eigenvalue weighted by atomic mass is 10.1. The SMILES string of the molecule is CN=C(NCCN(CCOC)C1CC1)N1CC(C)OC(c2ccc(F)cc2)C1. The number of halogens is 1. The maximum Gasteiger partial charge on any atom is 0.193 e. The molecule has 1 N–H and O–H groups in total. The molecule has 0 amide bonds. The third-order valence-corrected chi connectivity index (χ3v) is 5.34. The molecule has 0 spiro atoms. The molecule has 1 aliphatic carbocycles. The van der Waals surface area contributed by atoms with Gasteiger partial charge in [-0.1, -0.05) is 12.1 Å². The first-order chi connectivity index (χ1) is 13.6. The number of aliphatic imine (C=N–C) groups is 1. The lowest BCUT2D eigenvalue weighted by Crippen LogP contribution is -2.51. The minimum Gasteiger partial charge on any atom is -0.383 e. The Labute approximate surface area is 167 Å². The molecule has 1 saturated heterocycles. The number of hydrogen-bond acceptors (Lipinski definition) is 4. The maximum atomic E-state index is 13.2. The van der Waals surface area contributed by atoms with Crippen molar-refractivity contribution in [1.82, 2.24) is 15.1 Å². The van der Waals surface area contributed by atoms with Gasteiger partial charge in [0, 0.05) is 46.4 Å². The Morgan fingerprint density at radius 3 is 2.68 bits per heavy atom. The van der Waals surface area contributed by atoms with Crippen molar-refractivity contribution in [3.8, 4) is 0 Å². The van der Waals surface area contributed by atoms with E-state index >= 15 is 0 Å². The van der Waals surface area contributed by atoms with Crippen LogP contribution in [-0.4, -0.2) is 81.4 Å². The van der Waals surface area contributed by atoms with Crippen molar-refractivity contribution in [2.45, 2.75) is 38.0 Å². The van der Waals surface area contributed by atoms with Gasteiger partial charge in [-0.05, 0) is 37.5 Å². The zero-order valence-corrected chi connectivity index (χ0v) is 17.2. The van der Waals surface area contributed by atoms with Crippen molar-refractivity contribution in [2.24, 2.45) is 4.99 Å². The minimum atomic E-state index is -0.226. The summed E-state index contributed by atoms with van der Waals surface area (Å²) in [6.07, 6.45) is 2.57. The molecule has 2 aliphatic rings. The summed E-state index contributed by atoms with van der Waals surface area (Å²) in [7, 11) is 3.57. The van der Waals surface area contributed by atoms with Gasteiger partial charge < -0.3 is 19.7 Å². The van der Waals surface area contributed by atoms with Crippen molar-refractivity contribution < 1.29 is 13.9 Å². The first-order valence-electron chi connectivity index (χ1n) is 10.2. The smallest absolute Gasteiger partial charge is 0.193 e. The summed E-state index contributed by atoms with van der Waals surface area (Å²) in [5.74, 6) is 0.667. The molecular weight excluding hydrogens is 359 g/mol. The average Bonchev–Trinajstić information content (AvgIpc) is 3.53. The Kier molecular flexibility index (Phi) is 7.65. The van der Waals surface area contributed by atoms with Gasteiger partial charge in [0.15, 0.2) is 5.96 Å². The molecule has 7 heteroatoms. The van der Waals surface area contributed by atoms with Crippen molar-refractivity contribution >= 4 is 5.96 Å². The van der Waals surface area contributed by atoms with E-state index < -0.39 is 0 Å². The van der Waals surface area contributed by atoms with Gasteiger partial charge >= 0.3 is 0 Å². The first kappa shape index (κ1) is 21.0. The number of guanidine groups is 1. The van der Waals surface area contributed by atoms with Crippen LogP contribution in [0.5, 0.6) is 0 Å². The first-order valence-corrected chi connectivity index (χ1v) is 10.2. The molecule has 156 valence electrons. The number of benzene rings is 1. The summed E-state index contributed by atoms with van der Waals surface area (Å²) >= 11 is 0. The second kappa shape index (κ2) is 10.2. The number of nitrogens with zero attached hydrogens (tertiary/aromatic N) is 3. The number of rotatable bonds is 8. The zero-order chi connectivity index (χ0) is 19.9. The fourth-order valence-corrected chi connectivity index (χ4v) is 3.75. The van der Waals surface area contributed by atoms with E-state index in [9.17, 15) is 4.39 Å². The molecule has 1 aromatic carbocycles. The van der Waals surface area contributed by atoms with Gasteiger partial charge in [-0.3, -0.25) is 9.89 Å². The Hall–Kier alpha value is -1.70. The van der Waals surface area contributed by atoms with Crippen LogP contribution in [0.3, 0.4) is 0 Å². The van der Waals surface area contributed by atoms with Gasteiger partial charge in [-0.25, -0.2) is 4.39 Å². The highest BCUT2D eigenvalue weighted by Gasteiger charge is 2.30. The average molecular weight is 393 g/mol. The van der Waals surface area contributed by atoms with Gasteiger partial charge in [-0.2, -0.15) is 0 Å². The molecule has 1 aromatic rings. The molecule has 0 aromatic heterocycles. The molecule has 6 nitrogen and oxygen atoms in total. The van der Waals surface area contributed by atoms with E-state index in [4.69, 9.17) is 9.47 Å². The zero-order valence-electron chi connectivity index (χ0n) is 17.2. The maximum absolute atomic E-state index is 13.2. The van der Waals surface area contributed by atoms with Crippen LogP contribution in [0.4, 0.5) is 4.39 Å². The Morgan fingerprint density at radius 1 is 1.29 bits per heavy atom. The normalized spacial score (nSPS) is 23.3. The van der Waals surface area contributed by atoms with E-state index in [0.717, 1.165) is 44.3 Å². The second-order valence-electron chi connectivity index (χ2n) is 7.63. The molecule has 0 bridgehead atoms. The van der Waals surface area contributed by atoms with E-state index in [2.05, 4.69) is 27.0 Å². The number of nitrogens with one attached hydrogen (secondary N) is 1. The minimum absolute atomic E-state index is 0.0759. The van der Waals surface area contributed by atoms with E-state index in [-0.39, 0.29) is 18.0 Å². The van der Waals surface area contributed by atoms with Gasteiger partial charge in [0.1, 0.15) is 11.9 Å². The molecule has 1 saturated carbocycles. The van der Waals surface area contributed by atoms with Crippen LogP contribution in [-0.2, 0) is 9.47 Å². The lowest BCUT2D eigenvalue weighted by molar-refractivity contribution is -0.0605. The fourth-order valence-electron chi connectivity index (χ4n) is 3.75. The van der Waals surface area contributed by atoms with Gasteiger partial charge in [0.25, 0.3) is 0 Å². The summed E-state index contributed by atoms with van der Waals surface area (Å²) in [6, 6.07) is 7.29. The standard InChI is InChI=1S/C21H33FN4O2/c1-16-14-26(15-20(28-16)17-4-6-18(22)7-5-17)21(23-2)24-10-11-25(12-13-27-3)19-8-9-19/h4-7,16,19-20H,8-15H2,1-3H3,(H,23,24). The predicted molar refractivity (Wildman–Crippen MR) is 109 cm³/mol. The Balaban J connectivity index is 1.54. The monoisotopic (exact) mass is 392 g/mol. The number of hydrogen-bond donors (Lipinski definition) is 1. The Bertz CT molecular complexity index is 636. The lowest BCUT2D eigenvalue weighted by Gasteiger charge is -2.39. The van der Waals surface area contributed by atoms with Crippen molar-refractivity contribution in [2.75, 3.05) is 53.5 Å². The van der Waals surface area contributed by atoms with E-state index in [1.54, 1.807) is 19.2 Å². The van der Waals surface area contributed by atoms with E-state index in [0.29, 0.717) is 12.6 Å². The molecule has 1 aliphatic heterocycles. The van der Waals surface area contributed by atoms with Crippen LogP contribution in [0.2, 0.25) is 0 Å². The van der Waals surface area contributed by atoms with Gasteiger partial charge in [0.2, 0.25) is 0 Å². The molecule has 2 atom stereocenters. The van der Waals surface area contributed by atoms with Crippen LogP contribution >= 0.6 is 0 Å². The molecule has 2 fully saturated rings. The third-order valence-electron chi connectivity index (χ3n) is 5.34. The number of ether oxygens (including phenoxy) is 2. The highest BCUT2D eigenvalue weighted by Crippen LogP contribution is 2.27. The van der Waals surface area contributed by atoms with E-state index in [1.807, 2.05) is 7.05 Å². The van der Waals surface area contributed by atoms with Crippen LogP contribution in [0.15, 0.2) is 29.3 Å². The molecule has 0 radical (unpaired) electrons. The largest absolute Gasteiger partial charge is 0.383 e. The van der Waals surface area contributed by atoms with E-state index in [1.165, 1.54) is 25.0 Å². The summed E-state index contributed by atoms with van der Waals surface area (Å²) in [5, 5.41) is 3.51. The fraction of sp³-hybridized carbons (Fsp3) is 0.667. The second-order valence-corrected chi connectivity index (χ2v) is 7.63. The highest BCUT2D eigenvalue weighted by atomic mass is 19.1.